The highest BCUT2D eigenvalue weighted by molar-refractivity contribution is 5.94. The van der Waals surface area contributed by atoms with E-state index in [0.717, 1.165) is 22.8 Å². The third kappa shape index (κ3) is 3.81. The van der Waals surface area contributed by atoms with Crippen LogP contribution in [0.4, 0.5) is 5.82 Å². The lowest BCUT2D eigenvalue weighted by molar-refractivity contribution is -0.137. The number of anilines is 1. The number of aliphatic carboxylic acids is 1. The third-order valence-electron chi connectivity index (χ3n) is 4.11. The molecule has 1 aliphatic rings. The van der Waals surface area contributed by atoms with Crippen LogP contribution in [0.25, 0.3) is 11.3 Å². The Morgan fingerprint density at radius 1 is 1.32 bits per heavy atom. The van der Waals surface area contributed by atoms with E-state index in [9.17, 15) is 9.59 Å². The molecule has 0 bridgehead atoms. The molecule has 7 nitrogen and oxygen atoms in total. The van der Waals surface area contributed by atoms with Crippen molar-refractivity contribution in [3.63, 3.8) is 0 Å². The number of aryl methyl sites for hydroxylation is 1. The zero-order chi connectivity index (χ0) is 17.8. The molecule has 0 spiro atoms. The summed E-state index contributed by atoms with van der Waals surface area (Å²) in [5.41, 5.74) is 1.74. The van der Waals surface area contributed by atoms with Crippen molar-refractivity contribution in [1.29, 1.82) is 0 Å². The summed E-state index contributed by atoms with van der Waals surface area (Å²) in [6.45, 7) is 3.49. The summed E-state index contributed by atoms with van der Waals surface area (Å²) < 4.78 is 7.26. The van der Waals surface area contributed by atoms with Crippen molar-refractivity contribution in [1.82, 2.24) is 9.78 Å². The van der Waals surface area contributed by atoms with E-state index in [1.165, 1.54) is 0 Å². The molecule has 1 aromatic carbocycles. The van der Waals surface area contributed by atoms with E-state index < -0.39 is 5.97 Å². The van der Waals surface area contributed by atoms with E-state index >= 15 is 0 Å². The molecule has 0 unspecified atom stereocenters. The minimum absolute atomic E-state index is 0.0102. The molecule has 1 aliphatic heterocycles. The average molecular weight is 343 g/mol. The standard InChI is InChI=1S/C18H21N3O4/c1-2-25-14-7-5-13(6-8-14)15-12-16-20(10-3-4-18(23)24)17(22)9-11-21(16)19-15/h5-8,12H,2-4,9-11H2,1H3,(H,23,24). The van der Waals surface area contributed by atoms with Gasteiger partial charge in [-0.3, -0.25) is 14.5 Å². The molecule has 1 N–H and O–H groups in total. The Labute approximate surface area is 145 Å². The summed E-state index contributed by atoms with van der Waals surface area (Å²) in [4.78, 5) is 24.6. The van der Waals surface area contributed by atoms with Crippen LogP contribution in [0.1, 0.15) is 26.2 Å². The fourth-order valence-corrected chi connectivity index (χ4v) is 2.91. The number of ether oxygens (including phenoxy) is 1. The summed E-state index contributed by atoms with van der Waals surface area (Å²) >= 11 is 0. The minimum atomic E-state index is -0.854. The van der Waals surface area contributed by atoms with Gasteiger partial charge in [0.25, 0.3) is 0 Å². The number of hydrogen-bond acceptors (Lipinski definition) is 4. The molecule has 0 aliphatic carbocycles. The lowest BCUT2D eigenvalue weighted by Gasteiger charge is -2.27. The number of amides is 1. The Hall–Kier alpha value is -2.83. The van der Waals surface area contributed by atoms with Crippen molar-refractivity contribution >= 4 is 17.7 Å². The van der Waals surface area contributed by atoms with Crippen LogP contribution in [0.15, 0.2) is 30.3 Å². The number of carboxylic acids is 1. The Balaban J connectivity index is 1.81. The summed E-state index contributed by atoms with van der Waals surface area (Å²) in [6.07, 6.45) is 0.846. The summed E-state index contributed by atoms with van der Waals surface area (Å²) in [6, 6.07) is 9.55. The minimum Gasteiger partial charge on any atom is -0.494 e. The second kappa shape index (κ2) is 7.38. The highest BCUT2D eigenvalue weighted by Crippen LogP contribution is 2.29. The lowest BCUT2D eigenvalue weighted by Crippen LogP contribution is -2.38. The van der Waals surface area contributed by atoms with Crippen LogP contribution in [0.5, 0.6) is 5.75 Å². The number of carboxylic acid groups (broad SMARTS) is 1. The van der Waals surface area contributed by atoms with Gasteiger partial charge in [0.1, 0.15) is 11.6 Å². The SMILES string of the molecule is CCOc1ccc(-c2cc3n(n2)CCC(=O)N3CCCC(=O)O)cc1. The number of nitrogens with zero attached hydrogens (tertiary/aromatic N) is 3. The molecule has 1 aromatic heterocycles. The average Bonchev–Trinajstić information content (AvgIpc) is 3.02. The molecule has 7 heteroatoms. The number of aromatic nitrogens is 2. The Morgan fingerprint density at radius 2 is 2.08 bits per heavy atom. The second-order valence-electron chi connectivity index (χ2n) is 5.86. The Kier molecular flexibility index (Phi) is 5.02. The van der Waals surface area contributed by atoms with Gasteiger partial charge in [-0.05, 0) is 37.6 Å². The maximum Gasteiger partial charge on any atom is 0.303 e. The molecule has 0 saturated carbocycles. The van der Waals surface area contributed by atoms with Gasteiger partial charge in [-0.15, -0.1) is 0 Å². The molecule has 0 fully saturated rings. The fourth-order valence-electron chi connectivity index (χ4n) is 2.91. The van der Waals surface area contributed by atoms with Gasteiger partial charge in [-0.2, -0.15) is 5.10 Å². The quantitative estimate of drug-likeness (QED) is 0.835. The van der Waals surface area contributed by atoms with Crippen molar-refractivity contribution in [2.45, 2.75) is 32.7 Å². The molecular formula is C18H21N3O4. The number of carbonyl (C=O) groups is 2. The predicted molar refractivity (Wildman–Crippen MR) is 92.7 cm³/mol. The molecule has 0 radical (unpaired) electrons. The van der Waals surface area contributed by atoms with Crippen molar-refractivity contribution in [3.8, 4) is 17.0 Å². The first-order valence-corrected chi connectivity index (χ1v) is 8.41. The largest absolute Gasteiger partial charge is 0.494 e. The van der Waals surface area contributed by atoms with E-state index in [1.807, 2.05) is 41.9 Å². The van der Waals surface area contributed by atoms with Crippen LogP contribution < -0.4 is 9.64 Å². The fraction of sp³-hybridized carbons (Fsp3) is 0.389. The molecule has 0 saturated heterocycles. The van der Waals surface area contributed by atoms with Crippen LogP contribution in [0.3, 0.4) is 0 Å². The number of hydrogen-bond donors (Lipinski definition) is 1. The number of fused-ring (bicyclic) bond motifs is 1. The van der Waals surface area contributed by atoms with Crippen molar-refractivity contribution in [3.05, 3.63) is 30.3 Å². The van der Waals surface area contributed by atoms with Gasteiger partial charge in [0.15, 0.2) is 0 Å². The molecular weight excluding hydrogens is 322 g/mol. The maximum atomic E-state index is 12.2. The monoisotopic (exact) mass is 343 g/mol. The topological polar surface area (TPSA) is 84.7 Å². The Morgan fingerprint density at radius 3 is 2.76 bits per heavy atom. The molecule has 3 rings (SSSR count). The predicted octanol–water partition coefficient (Wildman–Crippen LogP) is 2.55. The van der Waals surface area contributed by atoms with E-state index in [4.69, 9.17) is 9.84 Å². The lowest BCUT2D eigenvalue weighted by atomic mass is 10.1. The molecule has 1 amide bonds. The molecule has 2 aromatic rings. The van der Waals surface area contributed by atoms with Gasteiger partial charge in [0.05, 0.1) is 18.8 Å². The smallest absolute Gasteiger partial charge is 0.303 e. The molecule has 132 valence electrons. The van der Waals surface area contributed by atoms with Crippen molar-refractivity contribution in [2.24, 2.45) is 0 Å². The summed E-state index contributed by atoms with van der Waals surface area (Å²) in [5.74, 6) is 0.690. The normalized spacial score (nSPS) is 13.6. The van der Waals surface area contributed by atoms with Gasteiger partial charge in [-0.1, -0.05) is 0 Å². The Bertz CT molecular complexity index is 767. The van der Waals surface area contributed by atoms with Crippen LogP contribution in [0.2, 0.25) is 0 Å². The van der Waals surface area contributed by atoms with E-state index in [2.05, 4.69) is 5.10 Å². The molecule has 0 atom stereocenters. The van der Waals surface area contributed by atoms with Crippen LogP contribution in [0, 0.1) is 0 Å². The first-order valence-electron chi connectivity index (χ1n) is 8.41. The van der Waals surface area contributed by atoms with Gasteiger partial charge in [0.2, 0.25) is 5.91 Å². The highest BCUT2D eigenvalue weighted by Gasteiger charge is 2.26. The van der Waals surface area contributed by atoms with Gasteiger partial charge in [0, 0.05) is 31.0 Å². The van der Waals surface area contributed by atoms with Crippen molar-refractivity contribution < 1.29 is 19.4 Å². The van der Waals surface area contributed by atoms with Gasteiger partial charge >= 0.3 is 5.97 Å². The van der Waals surface area contributed by atoms with Crippen molar-refractivity contribution in [2.75, 3.05) is 18.1 Å². The van der Waals surface area contributed by atoms with E-state index in [-0.39, 0.29) is 12.3 Å². The maximum absolute atomic E-state index is 12.2. The van der Waals surface area contributed by atoms with Gasteiger partial charge < -0.3 is 9.84 Å². The molecule has 25 heavy (non-hydrogen) atoms. The van der Waals surface area contributed by atoms with Gasteiger partial charge in [-0.25, -0.2) is 4.68 Å². The number of rotatable bonds is 7. The summed E-state index contributed by atoms with van der Waals surface area (Å²) in [5, 5.41) is 13.4. The van der Waals surface area contributed by atoms with Crippen LogP contribution >= 0.6 is 0 Å². The third-order valence-corrected chi connectivity index (χ3v) is 4.11. The first-order chi connectivity index (χ1) is 12.1. The summed E-state index contributed by atoms with van der Waals surface area (Å²) in [7, 11) is 0. The molecule has 2 heterocycles. The number of benzene rings is 1. The van der Waals surface area contributed by atoms with E-state index in [1.54, 1.807) is 4.90 Å². The zero-order valence-electron chi connectivity index (χ0n) is 14.1. The highest BCUT2D eigenvalue weighted by atomic mass is 16.5. The first kappa shape index (κ1) is 17.0. The number of carbonyl (C=O) groups excluding carboxylic acids is 1. The van der Waals surface area contributed by atoms with E-state index in [0.29, 0.717) is 32.5 Å². The van der Waals surface area contributed by atoms with Crippen LogP contribution in [-0.2, 0) is 16.1 Å². The van der Waals surface area contributed by atoms with Crippen LogP contribution in [-0.4, -0.2) is 39.9 Å². The second-order valence-corrected chi connectivity index (χ2v) is 5.86. The zero-order valence-corrected chi connectivity index (χ0v) is 14.1.